The van der Waals surface area contributed by atoms with Gasteiger partial charge in [0.2, 0.25) is 0 Å². The molecule has 1 aromatic carbocycles. The van der Waals surface area contributed by atoms with Crippen molar-refractivity contribution in [1.82, 2.24) is 9.80 Å². The van der Waals surface area contributed by atoms with E-state index in [2.05, 4.69) is 21.9 Å². The Bertz CT molecular complexity index is 347. The van der Waals surface area contributed by atoms with Gasteiger partial charge >= 0.3 is 0 Å². The zero-order valence-corrected chi connectivity index (χ0v) is 11.4. The van der Waals surface area contributed by atoms with E-state index >= 15 is 0 Å². The number of nitrogens with zero attached hydrogens (tertiary/aromatic N) is 2. The van der Waals surface area contributed by atoms with Crippen LogP contribution in [-0.4, -0.2) is 54.2 Å². The fourth-order valence-corrected chi connectivity index (χ4v) is 2.44. The summed E-state index contributed by atoms with van der Waals surface area (Å²) in [5.41, 5.74) is 1.32. The molecular weight excluding hydrogens is 248 g/mol. The Labute approximate surface area is 114 Å². The molecule has 0 bridgehead atoms. The summed E-state index contributed by atoms with van der Waals surface area (Å²) in [6.07, 6.45) is 0.886. The molecule has 0 aromatic heterocycles. The van der Waals surface area contributed by atoms with Crippen LogP contribution in [0.4, 0.5) is 0 Å². The first-order valence-electron chi connectivity index (χ1n) is 6.58. The lowest BCUT2D eigenvalue weighted by atomic mass is 10.2. The molecule has 0 radical (unpaired) electrons. The third-order valence-corrected chi connectivity index (χ3v) is 3.67. The molecule has 1 aliphatic heterocycles. The first-order chi connectivity index (χ1) is 8.78. The maximum atomic E-state index is 8.82. The van der Waals surface area contributed by atoms with Crippen LogP contribution >= 0.6 is 11.6 Å². The first kappa shape index (κ1) is 13.8. The number of rotatable bonds is 5. The highest BCUT2D eigenvalue weighted by Gasteiger charge is 2.16. The summed E-state index contributed by atoms with van der Waals surface area (Å²) in [4.78, 5) is 4.90. The lowest BCUT2D eigenvalue weighted by Crippen LogP contribution is -2.46. The summed E-state index contributed by atoms with van der Waals surface area (Å²) < 4.78 is 0. The van der Waals surface area contributed by atoms with Crippen LogP contribution in [0.2, 0.25) is 5.02 Å². The molecule has 0 atom stereocenters. The Kier molecular flexibility index (Phi) is 5.45. The van der Waals surface area contributed by atoms with E-state index in [1.165, 1.54) is 5.56 Å². The zero-order valence-electron chi connectivity index (χ0n) is 10.7. The van der Waals surface area contributed by atoms with Crippen LogP contribution in [0, 0.1) is 0 Å². The molecule has 1 aliphatic rings. The number of hydrogen-bond acceptors (Lipinski definition) is 3. The Balaban J connectivity index is 1.74. The monoisotopic (exact) mass is 268 g/mol. The van der Waals surface area contributed by atoms with Crippen molar-refractivity contribution < 1.29 is 5.11 Å². The number of benzene rings is 1. The smallest absolute Gasteiger partial charge is 0.0443 e. The average Bonchev–Trinajstić information content (AvgIpc) is 2.41. The van der Waals surface area contributed by atoms with Gasteiger partial charge in [0.15, 0.2) is 0 Å². The number of halogens is 1. The van der Waals surface area contributed by atoms with Gasteiger partial charge in [-0.3, -0.25) is 4.90 Å². The van der Waals surface area contributed by atoms with Gasteiger partial charge in [0.25, 0.3) is 0 Å². The molecular formula is C14H21ClN2O. The van der Waals surface area contributed by atoms with E-state index in [0.29, 0.717) is 6.61 Å². The molecule has 100 valence electrons. The minimum Gasteiger partial charge on any atom is -0.396 e. The van der Waals surface area contributed by atoms with E-state index in [0.717, 1.165) is 50.7 Å². The van der Waals surface area contributed by atoms with E-state index in [9.17, 15) is 0 Å². The molecule has 0 amide bonds. The van der Waals surface area contributed by atoms with Gasteiger partial charge in [-0.05, 0) is 24.1 Å². The SMILES string of the molecule is OCCCN1CCN(Cc2ccc(Cl)cc2)CC1. The van der Waals surface area contributed by atoms with Gasteiger partial charge < -0.3 is 10.0 Å². The topological polar surface area (TPSA) is 26.7 Å². The van der Waals surface area contributed by atoms with Gasteiger partial charge in [-0.15, -0.1) is 0 Å². The van der Waals surface area contributed by atoms with Crippen LogP contribution in [0.15, 0.2) is 24.3 Å². The third kappa shape index (κ3) is 4.25. The molecule has 1 aromatic rings. The minimum atomic E-state index is 0.297. The minimum absolute atomic E-state index is 0.297. The summed E-state index contributed by atoms with van der Waals surface area (Å²) >= 11 is 5.88. The van der Waals surface area contributed by atoms with Crippen LogP contribution < -0.4 is 0 Å². The van der Waals surface area contributed by atoms with E-state index in [1.807, 2.05) is 12.1 Å². The van der Waals surface area contributed by atoms with Crippen molar-refractivity contribution in [3.8, 4) is 0 Å². The second kappa shape index (κ2) is 7.10. The third-order valence-electron chi connectivity index (χ3n) is 3.42. The lowest BCUT2D eigenvalue weighted by molar-refractivity contribution is 0.120. The molecule has 1 N–H and O–H groups in total. The van der Waals surface area contributed by atoms with E-state index in [4.69, 9.17) is 16.7 Å². The van der Waals surface area contributed by atoms with Crippen molar-refractivity contribution in [2.24, 2.45) is 0 Å². The van der Waals surface area contributed by atoms with Crippen LogP contribution in [0.25, 0.3) is 0 Å². The number of hydrogen-bond donors (Lipinski definition) is 1. The van der Waals surface area contributed by atoms with Gasteiger partial charge in [0.1, 0.15) is 0 Å². The van der Waals surface area contributed by atoms with Crippen molar-refractivity contribution in [2.75, 3.05) is 39.3 Å². The fourth-order valence-electron chi connectivity index (χ4n) is 2.31. The van der Waals surface area contributed by atoms with E-state index in [-0.39, 0.29) is 0 Å². The highest BCUT2D eigenvalue weighted by Crippen LogP contribution is 2.12. The Hall–Kier alpha value is -0.610. The molecule has 1 saturated heterocycles. The Morgan fingerprint density at radius 3 is 2.22 bits per heavy atom. The normalized spacial score (nSPS) is 18.1. The molecule has 1 heterocycles. The van der Waals surface area contributed by atoms with Crippen LogP contribution in [0.3, 0.4) is 0 Å². The molecule has 4 heteroatoms. The Morgan fingerprint density at radius 1 is 1.00 bits per heavy atom. The van der Waals surface area contributed by atoms with Crippen molar-refractivity contribution in [2.45, 2.75) is 13.0 Å². The molecule has 3 nitrogen and oxygen atoms in total. The fraction of sp³-hybridized carbons (Fsp3) is 0.571. The van der Waals surface area contributed by atoms with Gasteiger partial charge in [0.05, 0.1) is 0 Å². The molecule has 0 unspecified atom stereocenters. The number of piperazine rings is 1. The average molecular weight is 269 g/mol. The second-order valence-electron chi connectivity index (χ2n) is 4.82. The maximum Gasteiger partial charge on any atom is 0.0443 e. The van der Waals surface area contributed by atoms with E-state index in [1.54, 1.807) is 0 Å². The van der Waals surface area contributed by atoms with Gasteiger partial charge in [-0.2, -0.15) is 0 Å². The summed E-state index contributed by atoms with van der Waals surface area (Å²) in [7, 11) is 0. The van der Waals surface area contributed by atoms with Gasteiger partial charge in [-0.1, -0.05) is 23.7 Å². The summed E-state index contributed by atoms with van der Waals surface area (Å²) in [6.45, 7) is 6.74. The van der Waals surface area contributed by atoms with Gasteiger partial charge in [0, 0.05) is 50.9 Å². The molecule has 18 heavy (non-hydrogen) atoms. The predicted octanol–water partition coefficient (Wildman–Crippen LogP) is 1.84. The van der Waals surface area contributed by atoms with Crippen molar-refractivity contribution >= 4 is 11.6 Å². The number of aliphatic hydroxyl groups is 1. The van der Waals surface area contributed by atoms with E-state index < -0.39 is 0 Å². The predicted molar refractivity (Wildman–Crippen MR) is 74.9 cm³/mol. The Morgan fingerprint density at radius 2 is 1.61 bits per heavy atom. The largest absolute Gasteiger partial charge is 0.396 e. The lowest BCUT2D eigenvalue weighted by Gasteiger charge is -2.34. The highest BCUT2D eigenvalue weighted by molar-refractivity contribution is 6.30. The van der Waals surface area contributed by atoms with Crippen molar-refractivity contribution in [3.05, 3.63) is 34.9 Å². The second-order valence-corrected chi connectivity index (χ2v) is 5.26. The van der Waals surface area contributed by atoms with Crippen LogP contribution in [0.5, 0.6) is 0 Å². The molecule has 0 saturated carbocycles. The van der Waals surface area contributed by atoms with Gasteiger partial charge in [-0.25, -0.2) is 0 Å². The summed E-state index contributed by atoms with van der Waals surface area (Å²) in [5.74, 6) is 0. The quantitative estimate of drug-likeness (QED) is 0.883. The molecule has 1 fully saturated rings. The maximum absolute atomic E-state index is 8.82. The molecule has 0 spiro atoms. The van der Waals surface area contributed by atoms with Crippen LogP contribution in [-0.2, 0) is 6.54 Å². The standard InChI is InChI=1S/C14H21ClN2O/c15-14-4-2-13(3-5-14)12-17-9-7-16(8-10-17)6-1-11-18/h2-5,18H,1,6-12H2. The molecule has 0 aliphatic carbocycles. The highest BCUT2D eigenvalue weighted by atomic mass is 35.5. The number of aliphatic hydroxyl groups excluding tert-OH is 1. The van der Waals surface area contributed by atoms with Crippen molar-refractivity contribution in [1.29, 1.82) is 0 Å². The van der Waals surface area contributed by atoms with Crippen molar-refractivity contribution in [3.63, 3.8) is 0 Å². The van der Waals surface area contributed by atoms with Crippen LogP contribution in [0.1, 0.15) is 12.0 Å². The summed E-state index contributed by atoms with van der Waals surface area (Å²) in [6, 6.07) is 8.10. The zero-order chi connectivity index (χ0) is 12.8. The first-order valence-corrected chi connectivity index (χ1v) is 6.96. The summed E-state index contributed by atoms with van der Waals surface area (Å²) in [5, 5.41) is 9.62. The molecule has 2 rings (SSSR count).